The maximum absolute atomic E-state index is 10.8. The second-order valence-corrected chi connectivity index (χ2v) is 6.86. The first-order chi connectivity index (χ1) is 12.8. The van der Waals surface area contributed by atoms with Gasteiger partial charge in [-0.3, -0.25) is 15.0 Å². The Morgan fingerprint density at radius 3 is 1.73 bits per heavy atom. The molecule has 1 aromatic carbocycles. The Hall–Kier alpha value is -1.54. The minimum atomic E-state index is -0.344. The third-order valence-corrected chi connectivity index (χ3v) is 4.62. The van der Waals surface area contributed by atoms with Crippen LogP contribution >= 0.6 is 0 Å². The van der Waals surface area contributed by atoms with Crippen molar-refractivity contribution in [3.63, 3.8) is 0 Å². The third kappa shape index (κ3) is 8.71. The second kappa shape index (κ2) is 12.8. The summed E-state index contributed by atoms with van der Waals surface area (Å²) in [5.41, 5.74) is 1.29. The minimum absolute atomic E-state index is 0.157. The molecule has 0 atom stereocenters. The van der Waals surface area contributed by atoms with E-state index in [1.54, 1.807) is 12.1 Å². The van der Waals surface area contributed by atoms with Gasteiger partial charge in [0.25, 0.3) is 5.69 Å². The van der Waals surface area contributed by atoms with E-state index in [1.807, 2.05) is 12.1 Å². The Kier molecular flexibility index (Phi) is 10.2. The van der Waals surface area contributed by atoms with Crippen molar-refractivity contribution in [3.8, 4) is 0 Å². The topological polar surface area (TPSA) is 82.5 Å². The third-order valence-electron chi connectivity index (χ3n) is 4.62. The van der Waals surface area contributed by atoms with Crippen LogP contribution in [0.2, 0.25) is 0 Å². The number of nitrogens with one attached hydrogen (secondary N) is 3. The molecule has 0 aromatic heterocycles. The van der Waals surface area contributed by atoms with Crippen molar-refractivity contribution in [2.24, 2.45) is 0 Å². The van der Waals surface area contributed by atoms with E-state index in [0.717, 1.165) is 77.3 Å². The van der Waals surface area contributed by atoms with E-state index in [4.69, 9.17) is 0 Å². The molecule has 1 heterocycles. The van der Waals surface area contributed by atoms with Crippen LogP contribution in [0.3, 0.4) is 0 Å². The van der Waals surface area contributed by atoms with Crippen LogP contribution in [0.4, 0.5) is 5.69 Å². The molecule has 0 unspecified atom stereocenters. The molecule has 0 saturated carbocycles. The van der Waals surface area contributed by atoms with Crippen LogP contribution in [-0.2, 0) is 6.54 Å². The summed E-state index contributed by atoms with van der Waals surface area (Å²) in [5.74, 6) is 0. The molecule has 1 aromatic rings. The number of hydrogen-bond acceptors (Lipinski definition) is 6. The fourth-order valence-electron chi connectivity index (χ4n) is 3.16. The highest BCUT2D eigenvalue weighted by atomic mass is 16.6. The summed E-state index contributed by atoms with van der Waals surface area (Å²) in [5, 5.41) is 21.3. The molecule has 0 radical (unpaired) electrons. The predicted molar refractivity (Wildman–Crippen MR) is 105 cm³/mol. The van der Waals surface area contributed by atoms with E-state index in [1.165, 1.54) is 12.8 Å². The van der Waals surface area contributed by atoms with Crippen LogP contribution < -0.4 is 16.0 Å². The van der Waals surface area contributed by atoms with Crippen molar-refractivity contribution < 1.29 is 4.92 Å². The molecule has 1 fully saturated rings. The quantitative estimate of drug-likeness (QED) is 0.561. The zero-order valence-corrected chi connectivity index (χ0v) is 15.7. The van der Waals surface area contributed by atoms with Crippen LogP contribution in [-0.4, -0.2) is 62.2 Å². The van der Waals surface area contributed by atoms with Gasteiger partial charge in [-0.1, -0.05) is 12.1 Å². The van der Waals surface area contributed by atoms with E-state index >= 15 is 0 Å². The summed E-state index contributed by atoms with van der Waals surface area (Å²) in [7, 11) is 0. The average Bonchev–Trinajstić information content (AvgIpc) is 2.64. The molecule has 2 rings (SSSR count). The van der Waals surface area contributed by atoms with Gasteiger partial charge >= 0.3 is 0 Å². The lowest BCUT2D eigenvalue weighted by molar-refractivity contribution is -0.384. The van der Waals surface area contributed by atoms with Crippen molar-refractivity contribution >= 4 is 5.69 Å². The van der Waals surface area contributed by atoms with Gasteiger partial charge in [-0.25, -0.2) is 0 Å². The lowest BCUT2D eigenvalue weighted by Crippen LogP contribution is -2.32. The van der Waals surface area contributed by atoms with Gasteiger partial charge in [0.05, 0.1) is 4.92 Å². The summed E-state index contributed by atoms with van der Waals surface area (Å²) >= 11 is 0. The van der Waals surface area contributed by atoms with E-state index in [-0.39, 0.29) is 10.6 Å². The summed E-state index contributed by atoms with van der Waals surface area (Å²) in [6.45, 7) is 9.30. The average molecular weight is 364 g/mol. The summed E-state index contributed by atoms with van der Waals surface area (Å²) < 4.78 is 0. The smallest absolute Gasteiger partial charge is 0.269 e. The normalized spacial score (nSPS) is 19.8. The molecule has 0 aliphatic carbocycles. The number of nitro benzene ring substituents is 1. The van der Waals surface area contributed by atoms with Crippen LogP contribution in [0.5, 0.6) is 0 Å². The maximum Gasteiger partial charge on any atom is 0.269 e. The standard InChI is InChI=1S/C19H33N5O2/c25-24(26)19-7-5-18(6-8-19)17-23-15-3-13-21-11-1-9-20-10-2-12-22-14-4-16-23/h5-8,20-22H,1-4,9-17H2. The fraction of sp³-hybridized carbons (Fsp3) is 0.684. The van der Waals surface area contributed by atoms with Gasteiger partial charge in [0, 0.05) is 18.7 Å². The summed E-state index contributed by atoms with van der Waals surface area (Å²) in [6.07, 6.45) is 4.57. The number of hydrogen-bond donors (Lipinski definition) is 3. The molecule has 3 N–H and O–H groups in total. The van der Waals surface area contributed by atoms with Gasteiger partial charge in [0.1, 0.15) is 0 Å². The fourth-order valence-corrected chi connectivity index (χ4v) is 3.16. The van der Waals surface area contributed by atoms with E-state index in [2.05, 4.69) is 20.9 Å². The van der Waals surface area contributed by atoms with Crippen LogP contribution in [0, 0.1) is 10.1 Å². The highest BCUT2D eigenvalue weighted by molar-refractivity contribution is 5.32. The Morgan fingerprint density at radius 1 is 0.808 bits per heavy atom. The monoisotopic (exact) mass is 363 g/mol. The highest BCUT2D eigenvalue weighted by Gasteiger charge is 2.09. The first-order valence-corrected chi connectivity index (χ1v) is 9.83. The van der Waals surface area contributed by atoms with Gasteiger partial charge < -0.3 is 16.0 Å². The molecular weight excluding hydrogens is 330 g/mol. The van der Waals surface area contributed by atoms with Crippen molar-refractivity contribution in [1.82, 2.24) is 20.9 Å². The summed E-state index contributed by atoms with van der Waals surface area (Å²) in [6, 6.07) is 6.95. The lowest BCUT2D eigenvalue weighted by atomic mass is 10.2. The van der Waals surface area contributed by atoms with Gasteiger partial charge in [0.15, 0.2) is 0 Å². The molecule has 1 aliphatic rings. The predicted octanol–water partition coefficient (Wildman–Crippen LogP) is 1.74. The number of non-ortho nitro benzene ring substituents is 1. The first-order valence-electron chi connectivity index (χ1n) is 9.83. The zero-order chi connectivity index (χ0) is 18.5. The molecule has 146 valence electrons. The minimum Gasteiger partial charge on any atom is -0.317 e. The molecule has 0 bridgehead atoms. The Balaban J connectivity index is 1.82. The maximum atomic E-state index is 10.8. The summed E-state index contributed by atoms with van der Waals surface area (Å²) in [4.78, 5) is 12.9. The Labute approximate surface area is 156 Å². The molecule has 0 amide bonds. The van der Waals surface area contributed by atoms with Crippen molar-refractivity contribution in [3.05, 3.63) is 39.9 Å². The van der Waals surface area contributed by atoms with E-state index in [9.17, 15) is 10.1 Å². The van der Waals surface area contributed by atoms with Gasteiger partial charge in [-0.2, -0.15) is 0 Å². The van der Waals surface area contributed by atoms with Gasteiger partial charge in [-0.15, -0.1) is 0 Å². The molecule has 7 nitrogen and oxygen atoms in total. The lowest BCUT2D eigenvalue weighted by Gasteiger charge is -2.23. The highest BCUT2D eigenvalue weighted by Crippen LogP contribution is 2.13. The molecule has 0 spiro atoms. The number of nitrogens with zero attached hydrogens (tertiary/aromatic N) is 2. The first kappa shape index (κ1) is 20.8. The Bertz CT molecular complexity index is 493. The SMILES string of the molecule is O=[N+]([O-])c1ccc(CN2CCCNCCCNCCCNCCC2)cc1. The molecule has 1 saturated heterocycles. The second-order valence-electron chi connectivity index (χ2n) is 6.86. The van der Waals surface area contributed by atoms with Gasteiger partial charge in [0.2, 0.25) is 0 Å². The van der Waals surface area contributed by atoms with E-state index in [0.29, 0.717) is 0 Å². The van der Waals surface area contributed by atoms with Crippen molar-refractivity contribution in [2.75, 3.05) is 52.4 Å². The van der Waals surface area contributed by atoms with Gasteiger partial charge in [-0.05, 0) is 83.6 Å². The molecular formula is C19H33N5O2. The largest absolute Gasteiger partial charge is 0.317 e. The molecule has 26 heavy (non-hydrogen) atoms. The number of benzene rings is 1. The Morgan fingerprint density at radius 2 is 1.27 bits per heavy atom. The molecule has 1 aliphatic heterocycles. The van der Waals surface area contributed by atoms with E-state index < -0.39 is 0 Å². The van der Waals surface area contributed by atoms with Crippen molar-refractivity contribution in [2.45, 2.75) is 32.2 Å². The zero-order valence-electron chi connectivity index (χ0n) is 15.7. The van der Waals surface area contributed by atoms with Crippen LogP contribution in [0.1, 0.15) is 31.2 Å². The number of nitro groups is 1. The van der Waals surface area contributed by atoms with Crippen molar-refractivity contribution in [1.29, 1.82) is 0 Å². The molecule has 7 heteroatoms. The number of rotatable bonds is 3. The van der Waals surface area contributed by atoms with Crippen LogP contribution in [0.15, 0.2) is 24.3 Å². The van der Waals surface area contributed by atoms with Crippen LogP contribution in [0.25, 0.3) is 0 Å².